The maximum Gasteiger partial charge on any atom is 0.274 e. The van der Waals surface area contributed by atoms with Crippen molar-refractivity contribution in [1.82, 2.24) is 20.3 Å². The second-order valence-corrected chi connectivity index (χ2v) is 7.40. The van der Waals surface area contributed by atoms with Gasteiger partial charge in [-0.3, -0.25) is 19.7 Å². The van der Waals surface area contributed by atoms with Gasteiger partial charge in [-0.05, 0) is 49.2 Å². The molecule has 8 nitrogen and oxygen atoms in total. The number of hydrogen-bond acceptors (Lipinski definition) is 5. The Labute approximate surface area is 167 Å². The minimum absolute atomic E-state index is 0.247. The number of hydroxylamine groups is 1. The van der Waals surface area contributed by atoms with Gasteiger partial charge in [0.1, 0.15) is 11.3 Å². The molecule has 150 valence electrons. The number of nitrogens with two attached hydrogens (primary N) is 1. The van der Waals surface area contributed by atoms with Gasteiger partial charge < -0.3 is 10.7 Å². The number of aromatic amines is 1. The predicted octanol–water partition coefficient (Wildman–Crippen LogP) is 2.16. The van der Waals surface area contributed by atoms with Crippen LogP contribution in [-0.2, 0) is 6.54 Å². The van der Waals surface area contributed by atoms with Crippen molar-refractivity contribution >= 4 is 22.8 Å². The van der Waals surface area contributed by atoms with Crippen molar-refractivity contribution in [3.05, 3.63) is 65.0 Å². The molecule has 29 heavy (non-hydrogen) atoms. The number of amides is 2. The quantitative estimate of drug-likeness (QED) is 0.391. The van der Waals surface area contributed by atoms with E-state index in [2.05, 4.69) is 14.9 Å². The van der Waals surface area contributed by atoms with E-state index in [-0.39, 0.29) is 5.92 Å². The van der Waals surface area contributed by atoms with Crippen LogP contribution in [0.5, 0.6) is 0 Å². The van der Waals surface area contributed by atoms with E-state index < -0.39 is 11.8 Å². The third kappa shape index (κ3) is 3.98. The fraction of sp³-hybridized carbons (Fsp3) is 0.286. The van der Waals surface area contributed by atoms with Gasteiger partial charge in [0, 0.05) is 24.6 Å². The lowest BCUT2D eigenvalue weighted by Gasteiger charge is -2.31. The van der Waals surface area contributed by atoms with Crippen LogP contribution in [0.3, 0.4) is 0 Å². The summed E-state index contributed by atoms with van der Waals surface area (Å²) in [6.45, 7) is 2.61. The standard InChI is InChI=1S/C21H23N5O3/c22-19(27)16-4-1-5-17-18(16)24-20(23-17)15-3-2-10-26(12-15)11-13-6-8-14(9-7-13)21(28)25-29/h1,4-9,15,29H,2-3,10-12H2,(H2,22,27)(H,23,24)(H,25,28). The fourth-order valence-corrected chi connectivity index (χ4v) is 3.95. The van der Waals surface area contributed by atoms with Gasteiger partial charge in [0.25, 0.3) is 11.8 Å². The molecule has 0 radical (unpaired) electrons. The van der Waals surface area contributed by atoms with Crippen LogP contribution in [0.4, 0.5) is 0 Å². The smallest absolute Gasteiger partial charge is 0.274 e. The van der Waals surface area contributed by atoms with Gasteiger partial charge >= 0.3 is 0 Å². The van der Waals surface area contributed by atoms with Crippen molar-refractivity contribution in [3.63, 3.8) is 0 Å². The third-order valence-corrected chi connectivity index (χ3v) is 5.41. The number of nitrogens with one attached hydrogen (secondary N) is 2. The third-order valence-electron chi connectivity index (χ3n) is 5.41. The molecule has 0 aliphatic carbocycles. The Morgan fingerprint density at radius 3 is 2.76 bits per heavy atom. The number of aromatic nitrogens is 2. The van der Waals surface area contributed by atoms with Crippen LogP contribution in [0.15, 0.2) is 42.5 Å². The summed E-state index contributed by atoms with van der Waals surface area (Å²) in [6, 6.07) is 12.6. The average Bonchev–Trinajstić information content (AvgIpc) is 3.18. The Bertz CT molecular complexity index is 1040. The Kier molecular flexibility index (Phi) is 5.28. The molecule has 2 heterocycles. The van der Waals surface area contributed by atoms with Gasteiger partial charge in [0.2, 0.25) is 0 Å². The first-order chi connectivity index (χ1) is 14.0. The van der Waals surface area contributed by atoms with Gasteiger partial charge in [-0.15, -0.1) is 0 Å². The molecule has 1 aliphatic rings. The number of carbonyl (C=O) groups excluding carboxylic acids is 2. The summed E-state index contributed by atoms with van der Waals surface area (Å²) in [5, 5.41) is 8.71. The molecule has 1 fully saturated rings. The number of fused-ring (bicyclic) bond motifs is 1. The van der Waals surface area contributed by atoms with Crippen LogP contribution < -0.4 is 11.2 Å². The van der Waals surface area contributed by atoms with Crippen LogP contribution in [0.1, 0.15) is 50.9 Å². The van der Waals surface area contributed by atoms with E-state index in [1.807, 2.05) is 18.2 Å². The summed E-state index contributed by atoms with van der Waals surface area (Å²) in [5.74, 6) is 0.136. The van der Waals surface area contributed by atoms with E-state index in [9.17, 15) is 9.59 Å². The highest BCUT2D eigenvalue weighted by Gasteiger charge is 2.24. The first-order valence-corrected chi connectivity index (χ1v) is 9.59. The van der Waals surface area contributed by atoms with Crippen LogP contribution >= 0.6 is 0 Å². The minimum Gasteiger partial charge on any atom is -0.366 e. The highest BCUT2D eigenvalue weighted by Crippen LogP contribution is 2.28. The van der Waals surface area contributed by atoms with Crippen LogP contribution in [0, 0.1) is 0 Å². The lowest BCUT2D eigenvalue weighted by Crippen LogP contribution is -2.34. The molecule has 1 unspecified atom stereocenters. The summed E-state index contributed by atoms with van der Waals surface area (Å²) in [4.78, 5) is 33.5. The molecular formula is C21H23N5O3. The number of likely N-dealkylation sites (tertiary alicyclic amines) is 1. The van der Waals surface area contributed by atoms with Gasteiger partial charge in [-0.2, -0.15) is 0 Å². The second-order valence-electron chi connectivity index (χ2n) is 7.40. The number of primary amides is 1. The predicted molar refractivity (Wildman–Crippen MR) is 108 cm³/mol. The van der Waals surface area contributed by atoms with E-state index in [0.717, 1.165) is 49.4 Å². The SMILES string of the molecule is NC(=O)c1cccc2[nH]c(C3CCCN(Cc4ccc(C(=O)NO)cc4)C3)nc12. The van der Waals surface area contributed by atoms with E-state index in [1.165, 1.54) is 0 Å². The van der Waals surface area contributed by atoms with Crippen LogP contribution in [0.2, 0.25) is 0 Å². The zero-order chi connectivity index (χ0) is 20.4. The molecule has 0 saturated carbocycles. The molecule has 0 spiro atoms. The molecule has 1 aliphatic heterocycles. The number of para-hydroxylation sites is 1. The molecule has 0 bridgehead atoms. The number of imidazole rings is 1. The van der Waals surface area contributed by atoms with Crippen molar-refractivity contribution < 1.29 is 14.8 Å². The molecule has 1 aromatic heterocycles. The number of nitrogens with zero attached hydrogens (tertiary/aromatic N) is 2. The minimum atomic E-state index is -0.519. The van der Waals surface area contributed by atoms with E-state index in [4.69, 9.17) is 10.9 Å². The molecule has 4 rings (SSSR count). The fourth-order valence-electron chi connectivity index (χ4n) is 3.95. The average molecular weight is 393 g/mol. The maximum absolute atomic E-state index is 11.7. The Morgan fingerprint density at radius 1 is 1.24 bits per heavy atom. The number of benzene rings is 2. The van der Waals surface area contributed by atoms with Crippen molar-refractivity contribution in [2.24, 2.45) is 5.73 Å². The molecule has 2 aromatic carbocycles. The first-order valence-electron chi connectivity index (χ1n) is 9.59. The Hall–Kier alpha value is -3.23. The molecule has 2 amide bonds. The van der Waals surface area contributed by atoms with Crippen molar-refractivity contribution in [3.8, 4) is 0 Å². The summed E-state index contributed by atoms with van der Waals surface area (Å²) < 4.78 is 0. The highest BCUT2D eigenvalue weighted by molar-refractivity contribution is 6.04. The maximum atomic E-state index is 11.7. The lowest BCUT2D eigenvalue weighted by atomic mass is 9.97. The Morgan fingerprint density at radius 2 is 2.03 bits per heavy atom. The molecular weight excluding hydrogens is 370 g/mol. The monoisotopic (exact) mass is 393 g/mol. The first kappa shape index (κ1) is 19.1. The summed E-state index contributed by atoms with van der Waals surface area (Å²) in [6.07, 6.45) is 2.08. The van der Waals surface area contributed by atoms with Gasteiger partial charge in [0.05, 0.1) is 11.1 Å². The number of carbonyl (C=O) groups is 2. The number of piperidine rings is 1. The zero-order valence-electron chi connectivity index (χ0n) is 15.9. The van der Waals surface area contributed by atoms with E-state index >= 15 is 0 Å². The molecule has 1 saturated heterocycles. The molecule has 8 heteroatoms. The lowest BCUT2D eigenvalue weighted by molar-refractivity contribution is 0.0706. The largest absolute Gasteiger partial charge is 0.366 e. The highest BCUT2D eigenvalue weighted by atomic mass is 16.5. The van der Waals surface area contributed by atoms with E-state index in [0.29, 0.717) is 16.6 Å². The van der Waals surface area contributed by atoms with Crippen LogP contribution in [0.25, 0.3) is 11.0 Å². The number of rotatable bonds is 5. The van der Waals surface area contributed by atoms with Gasteiger partial charge in [-0.1, -0.05) is 18.2 Å². The topological polar surface area (TPSA) is 124 Å². The molecule has 3 aromatic rings. The summed E-state index contributed by atoms with van der Waals surface area (Å²) in [7, 11) is 0. The summed E-state index contributed by atoms with van der Waals surface area (Å²) >= 11 is 0. The molecule has 5 N–H and O–H groups in total. The van der Waals surface area contributed by atoms with E-state index in [1.54, 1.807) is 29.7 Å². The zero-order valence-corrected chi connectivity index (χ0v) is 15.9. The second kappa shape index (κ2) is 8.02. The Balaban J connectivity index is 1.48. The normalized spacial score (nSPS) is 17.3. The van der Waals surface area contributed by atoms with Gasteiger partial charge in [-0.25, -0.2) is 10.5 Å². The van der Waals surface area contributed by atoms with Crippen molar-refractivity contribution in [1.29, 1.82) is 0 Å². The summed E-state index contributed by atoms with van der Waals surface area (Å²) in [5.41, 5.74) is 10.5. The number of H-pyrrole nitrogens is 1. The van der Waals surface area contributed by atoms with Crippen molar-refractivity contribution in [2.75, 3.05) is 13.1 Å². The van der Waals surface area contributed by atoms with Crippen LogP contribution in [-0.4, -0.2) is 45.0 Å². The van der Waals surface area contributed by atoms with Crippen molar-refractivity contribution in [2.45, 2.75) is 25.3 Å². The molecule has 1 atom stereocenters. The number of hydrogen-bond donors (Lipinski definition) is 4. The van der Waals surface area contributed by atoms with Gasteiger partial charge in [0.15, 0.2) is 0 Å².